The van der Waals surface area contributed by atoms with Crippen LogP contribution < -0.4 is 5.32 Å². The van der Waals surface area contributed by atoms with Gasteiger partial charge in [-0.1, -0.05) is 13.3 Å². The highest BCUT2D eigenvalue weighted by Gasteiger charge is 2.54. The van der Waals surface area contributed by atoms with E-state index in [-0.39, 0.29) is 24.3 Å². The average Bonchev–Trinajstić information content (AvgIpc) is 3.39. The Labute approximate surface area is 175 Å². The SMILES string of the molecule is CCOC(=O)c1c(NC(=O)[C@@H]2[C@@H]3CC[C@@H](C3)[C@@H]2C(=O)O)sc2c1CC[C@@H](CC)C2. The van der Waals surface area contributed by atoms with E-state index in [0.29, 0.717) is 16.5 Å². The normalized spacial score (nSPS) is 30.1. The predicted molar refractivity (Wildman–Crippen MR) is 110 cm³/mol. The van der Waals surface area contributed by atoms with Crippen LogP contribution in [0.5, 0.6) is 0 Å². The van der Waals surface area contributed by atoms with E-state index in [1.807, 2.05) is 0 Å². The van der Waals surface area contributed by atoms with Crippen LogP contribution in [-0.2, 0) is 27.2 Å². The van der Waals surface area contributed by atoms with Crippen LogP contribution in [0.1, 0.15) is 66.8 Å². The summed E-state index contributed by atoms with van der Waals surface area (Å²) in [7, 11) is 0. The number of hydrogen-bond donors (Lipinski definition) is 2. The molecule has 0 aromatic carbocycles. The molecular formula is C22H29NO5S. The number of aliphatic carboxylic acids is 1. The van der Waals surface area contributed by atoms with Crippen molar-refractivity contribution in [3.8, 4) is 0 Å². The van der Waals surface area contributed by atoms with E-state index >= 15 is 0 Å². The number of anilines is 1. The molecule has 2 bridgehead atoms. The average molecular weight is 420 g/mol. The summed E-state index contributed by atoms with van der Waals surface area (Å²) < 4.78 is 5.28. The summed E-state index contributed by atoms with van der Waals surface area (Å²) in [5.41, 5.74) is 1.50. The molecule has 29 heavy (non-hydrogen) atoms. The third-order valence-corrected chi connectivity index (χ3v) is 8.34. The lowest BCUT2D eigenvalue weighted by Gasteiger charge is -2.27. The van der Waals surface area contributed by atoms with Gasteiger partial charge in [-0.25, -0.2) is 4.79 Å². The number of fused-ring (bicyclic) bond motifs is 3. The Balaban J connectivity index is 1.62. The molecule has 1 aromatic heterocycles. The van der Waals surface area contributed by atoms with Gasteiger partial charge in [0.1, 0.15) is 5.00 Å². The van der Waals surface area contributed by atoms with Crippen LogP contribution in [0.2, 0.25) is 0 Å². The van der Waals surface area contributed by atoms with Crippen molar-refractivity contribution >= 4 is 34.2 Å². The zero-order chi connectivity index (χ0) is 20.7. The van der Waals surface area contributed by atoms with Gasteiger partial charge in [0.2, 0.25) is 5.91 Å². The summed E-state index contributed by atoms with van der Waals surface area (Å²) in [6.07, 6.45) is 6.50. The Morgan fingerprint density at radius 3 is 2.52 bits per heavy atom. The molecule has 4 rings (SSSR count). The van der Waals surface area contributed by atoms with E-state index in [4.69, 9.17) is 4.74 Å². The monoisotopic (exact) mass is 419 g/mol. The van der Waals surface area contributed by atoms with Gasteiger partial charge in [-0.3, -0.25) is 9.59 Å². The summed E-state index contributed by atoms with van der Waals surface area (Å²) in [6.45, 7) is 4.23. The van der Waals surface area contributed by atoms with Crippen molar-refractivity contribution in [1.29, 1.82) is 0 Å². The Hall–Kier alpha value is -1.89. The lowest BCUT2D eigenvalue weighted by atomic mass is 9.78. The maximum absolute atomic E-state index is 13.2. The molecule has 3 aliphatic carbocycles. The van der Waals surface area contributed by atoms with Crippen LogP contribution in [0.4, 0.5) is 5.00 Å². The molecule has 6 nitrogen and oxygen atoms in total. The Morgan fingerprint density at radius 1 is 1.14 bits per heavy atom. The number of hydrogen-bond acceptors (Lipinski definition) is 5. The fraction of sp³-hybridized carbons (Fsp3) is 0.682. The molecule has 1 amide bonds. The molecule has 3 aliphatic rings. The highest BCUT2D eigenvalue weighted by Crippen LogP contribution is 2.53. The van der Waals surface area contributed by atoms with Crippen LogP contribution in [-0.4, -0.2) is 29.6 Å². The number of carboxylic acids is 1. The smallest absolute Gasteiger partial charge is 0.341 e. The van der Waals surface area contributed by atoms with Crippen LogP contribution in [0.3, 0.4) is 0 Å². The highest BCUT2D eigenvalue weighted by molar-refractivity contribution is 7.17. The molecule has 0 spiro atoms. The standard InChI is InChI=1S/C22H29NO5S/c1-3-11-5-8-14-15(9-11)29-20(18(14)22(27)28-4-2)23-19(24)16-12-6-7-13(10-12)17(16)21(25)26/h11-13,16-17H,3-10H2,1-2H3,(H,23,24)(H,25,26)/t11-,12-,13+,16-,17+/m1/s1. The molecular weight excluding hydrogens is 390 g/mol. The second-order valence-corrected chi connectivity index (χ2v) is 9.76. The van der Waals surface area contributed by atoms with Gasteiger partial charge in [0.15, 0.2) is 0 Å². The van der Waals surface area contributed by atoms with Gasteiger partial charge >= 0.3 is 11.9 Å². The number of nitrogens with one attached hydrogen (secondary N) is 1. The molecule has 2 N–H and O–H groups in total. The third kappa shape index (κ3) is 3.58. The van der Waals surface area contributed by atoms with Crippen molar-refractivity contribution in [2.24, 2.45) is 29.6 Å². The first-order valence-corrected chi connectivity index (χ1v) is 11.6. The van der Waals surface area contributed by atoms with Crippen molar-refractivity contribution in [2.75, 3.05) is 11.9 Å². The van der Waals surface area contributed by atoms with Crippen molar-refractivity contribution in [1.82, 2.24) is 0 Å². The minimum absolute atomic E-state index is 0.0969. The molecule has 7 heteroatoms. The van der Waals surface area contributed by atoms with Crippen LogP contribution >= 0.6 is 11.3 Å². The molecule has 5 atom stereocenters. The number of carbonyl (C=O) groups excluding carboxylic acids is 2. The van der Waals surface area contributed by atoms with Crippen LogP contribution in [0, 0.1) is 29.6 Å². The zero-order valence-corrected chi connectivity index (χ0v) is 17.8. The summed E-state index contributed by atoms with van der Waals surface area (Å²) in [5.74, 6) is -1.81. The number of carboxylic acid groups (broad SMARTS) is 1. The van der Waals surface area contributed by atoms with Gasteiger partial charge in [0, 0.05) is 4.88 Å². The quantitative estimate of drug-likeness (QED) is 0.677. The predicted octanol–water partition coefficient (Wildman–Crippen LogP) is 4.13. The van der Waals surface area contributed by atoms with Crippen molar-refractivity contribution in [3.05, 3.63) is 16.0 Å². The second kappa shape index (κ2) is 8.09. The number of thiophene rings is 1. The van der Waals surface area contributed by atoms with Gasteiger partial charge < -0.3 is 15.2 Å². The molecule has 1 aromatic rings. The largest absolute Gasteiger partial charge is 0.481 e. The Bertz CT molecular complexity index is 831. The first-order valence-electron chi connectivity index (χ1n) is 10.8. The number of rotatable bonds is 6. The van der Waals surface area contributed by atoms with Gasteiger partial charge in [-0.2, -0.15) is 0 Å². The maximum atomic E-state index is 13.2. The molecule has 0 radical (unpaired) electrons. The van der Waals surface area contributed by atoms with Gasteiger partial charge in [-0.15, -0.1) is 11.3 Å². The molecule has 2 saturated carbocycles. The van der Waals surface area contributed by atoms with Crippen molar-refractivity contribution < 1.29 is 24.2 Å². The molecule has 1 heterocycles. The Kier molecular flexibility index (Phi) is 5.69. The summed E-state index contributed by atoms with van der Waals surface area (Å²) >= 11 is 1.47. The fourth-order valence-electron chi connectivity index (χ4n) is 5.73. The van der Waals surface area contributed by atoms with Gasteiger partial charge in [0.05, 0.1) is 24.0 Å². The zero-order valence-electron chi connectivity index (χ0n) is 17.0. The van der Waals surface area contributed by atoms with Crippen molar-refractivity contribution in [3.63, 3.8) is 0 Å². The minimum Gasteiger partial charge on any atom is -0.481 e. The maximum Gasteiger partial charge on any atom is 0.341 e. The lowest BCUT2D eigenvalue weighted by molar-refractivity contribution is -0.148. The molecule has 158 valence electrons. The third-order valence-electron chi connectivity index (χ3n) is 7.17. The molecule has 0 aliphatic heterocycles. The van der Waals surface area contributed by atoms with E-state index in [9.17, 15) is 19.5 Å². The number of carbonyl (C=O) groups is 3. The van der Waals surface area contributed by atoms with E-state index in [1.54, 1.807) is 6.92 Å². The number of esters is 1. The first-order chi connectivity index (χ1) is 13.9. The molecule has 2 fully saturated rings. The fourth-order valence-corrected chi connectivity index (χ4v) is 7.08. The first kappa shape index (κ1) is 20.4. The van der Waals surface area contributed by atoms with E-state index < -0.39 is 23.8 Å². The van der Waals surface area contributed by atoms with E-state index in [0.717, 1.165) is 55.4 Å². The van der Waals surface area contributed by atoms with E-state index in [1.165, 1.54) is 11.3 Å². The Morgan fingerprint density at radius 2 is 1.86 bits per heavy atom. The van der Waals surface area contributed by atoms with Crippen LogP contribution in [0.15, 0.2) is 0 Å². The number of ether oxygens (including phenoxy) is 1. The lowest BCUT2D eigenvalue weighted by Crippen LogP contribution is -2.38. The molecule has 0 unspecified atom stereocenters. The van der Waals surface area contributed by atoms with Gasteiger partial charge in [-0.05, 0) is 68.8 Å². The summed E-state index contributed by atoms with van der Waals surface area (Å²) in [6, 6.07) is 0. The van der Waals surface area contributed by atoms with E-state index in [2.05, 4.69) is 12.2 Å². The minimum atomic E-state index is -0.876. The second-order valence-electron chi connectivity index (χ2n) is 8.66. The van der Waals surface area contributed by atoms with Crippen molar-refractivity contribution in [2.45, 2.75) is 58.8 Å². The van der Waals surface area contributed by atoms with Gasteiger partial charge in [0.25, 0.3) is 0 Å². The topological polar surface area (TPSA) is 92.7 Å². The van der Waals surface area contributed by atoms with Crippen LogP contribution in [0.25, 0.3) is 0 Å². The summed E-state index contributed by atoms with van der Waals surface area (Å²) in [4.78, 5) is 38.8. The summed E-state index contributed by atoms with van der Waals surface area (Å²) in [5, 5.41) is 13.2. The molecule has 0 saturated heterocycles. The highest BCUT2D eigenvalue weighted by atomic mass is 32.1. The number of amides is 1.